The van der Waals surface area contributed by atoms with Crippen LogP contribution in [0.4, 0.5) is 17.6 Å². The van der Waals surface area contributed by atoms with E-state index in [2.05, 4.69) is 13.8 Å². The molecule has 3 aliphatic rings. The van der Waals surface area contributed by atoms with Crippen molar-refractivity contribution in [2.45, 2.75) is 103 Å². The van der Waals surface area contributed by atoms with Gasteiger partial charge in [-0.25, -0.2) is 0 Å². The first-order chi connectivity index (χ1) is 15.3. The van der Waals surface area contributed by atoms with Crippen molar-refractivity contribution in [3.63, 3.8) is 0 Å². The lowest BCUT2D eigenvalue weighted by Gasteiger charge is -2.32. The van der Waals surface area contributed by atoms with Gasteiger partial charge in [-0.2, -0.15) is 17.6 Å². The molecule has 0 bridgehead atoms. The Balaban J connectivity index is 1.63. The first kappa shape index (κ1) is 25.3. The van der Waals surface area contributed by atoms with E-state index in [1.807, 2.05) is 0 Å². The average Bonchev–Trinajstić information content (AvgIpc) is 2.77. The maximum absolute atomic E-state index is 14.8. The second-order valence-electron chi connectivity index (χ2n) is 10.2. The fourth-order valence-corrected chi connectivity index (χ4v) is 5.71. The summed E-state index contributed by atoms with van der Waals surface area (Å²) in [7, 11) is 0. The summed E-state index contributed by atoms with van der Waals surface area (Å²) in [5.74, 6) is -6.50. The van der Waals surface area contributed by atoms with Crippen molar-refractivity contribution in [1.29, 1.82) is 0 Å². The van der Waals surface area contributed by atoms with Crippen molar-refractivity contribution in [3.8, 4) is 0 Å². The predicted molar refractivity (Wildman–Crippen MR) is 125 cm³/mol. The molecule has 0 aliphatic heterocycles. The number of halogens is 4. The average molecular weight is 453 g/mol. The molecule has 0 atom stereocenters. The fourth-order valence-electron chi connectivity index (χ4n) is 5.71. The topological polar surface area (TPSA) is 0 Å². The van der Waals surface area contributed by atoms with Crippen LogP contribution in [0.3, 0.4) is 0 Å². The van der Waals surface area contributed by atoms with Crippen LogP contribution in [-0.2, 0) is 0 Å². The van der Waals surface area contributed by atoms with E-state index >= 15 is 0 Å². The number of hydrogen-bond donors (Lipinski definition) is 0. The van der Waals surface area contributed by atoms with E-state index in [0.29, 0.717) is 0 Å². The van der Waals surface area contributed by atoms with Crippen LogP contribution in [0.15, 0.2) is 47.6 Å². The van der Waals surface area contributed by atoms with Gasteiger partial charge in [0.15, 0.2) is 0 Å². The van der Waals surface area contributed by atoms with Crippen molar-refractivity contribution in [2.75, 3.05) is 0 Å². The van der Waals surface area contributed by atoms with Crippen LogP contribution < -0.4 is 0 Å². The van der Waals surface area contributed by atoms with Crippen LogP contribution in [0.5, 0.6) is 0 Å². The predicted octanol–water partition coefficient (Wildman–Crippen LogP) is 9.45. The lowest BCUT2D eigenvalue weighted by atomic mass is 9.79. The summed E-state index contributed by atoms with van der Waals surface area (Å²) in [5, 5.41) is 0. The van der Waals surface area contributed by atoms with Crippen molar-refractivity contribution in [2.24, 2.45) is 23.7 Å². The number of allylic oxidation sites excluding steroid dienone is 8. The van der Waals surface area contributed by atoms with Gasteiger partial charge in [0.2, 0.25) is 0 Å². The minimum atomic E-state index is -4.18. The monoisotopic (exact) mass is 452 g/mol. The molecule has 3 rings (SSSR count). The highest BCUT2D eigenvalue weighted by atomic mass is 19.3. The van der Waals surface area contributed by atoms with Gasteiger partial charge >= 0.3 is 11.8 Å². The SMILES string of the molecule is CCCC1CCC(/C=C/C2=CC=C(/C=C/C3CCC(CCC)CC3)C(F)(F)C2(F)F)CC1. The molecule has 3 aliphatic carbocycles. The second kappa shape index (κ2) is 11.2. The Morgan fingerprint density at radius 1 is 0.656 bits per heavy atom. The summed E-state index contributed by atoms with van der Waals surface area (Å²) in [4.78, 5) is 0. The molecule has 0 amide bonds. The largest absolute Gasteiger partial charge is 0.339 e. The van der Waals surface area contributed by atoms with Gasteiger partial charge in [-0.05, 0) is 75.0 Å². The van der Waals surface area contributed by atoms with Crippen molar-refractivity contribution in [1.82, 2.24) is 0 Å². The summed E-state index contributed by atoms with van der Waals surface area (Å²) in [5.41, 5.74) is -1.15. The molecule has 2 saturated carbocycles. The summed E-state index contributed by atoms with van der Waals surface area (Å²) < 4.78 is 59.1. The Labute approximate surface area is 191 Å². The number of alkyl halides is 4. The van der Waals surface area contributed by atoms with Crippen molar-refractivity contribution >= 4 is 0 Å². The van der Waals surface area contributed by atoms with E-state index < -0.39 is 23.0 Å². The molecule has 32 heavy (non-hydrogen) atoms. The smallest absolute Gasteiger partial charge is 0.194 e. The standard InChI is InChI=1S/C28H40F4/c1-3-5-21-7-11-23(12-8-21)15-17-25-19-20-26(28(31,32)27(25,29)30)18-16-24-13-9-22(6-4-2)10-14-24/h15-24H,3-14H2,1-2H3/b17-15+,18-16+. The minimum absolute atomic E-state index is 0.210. The molecule has 0 aromatic heterocycles. The highest BCUT2D eigenvalue weighted by molar-refractivity contribution is 5.47. The van der Waals surface area contributed by atoms with Crippen molar-refractivity contribution < 1.29 is 17.6 Å². The number of rotatable bonds is 8. The highest BCUT2D eigenvalue weighted by Gasteiger charge is 2.60. The number of hydrogen-bond acceptors (Lipinski definition) is 0. The first-order valence-corrected chi connectivity index (χ1v) is 12.8. The molecule has 0 heterocycles. The maximum atomic E-state index is 14.8. The third kappa shape index (κ3) is 5.97. The van der Waals surface area contributed by atoms with E-state index in [-0.39, 0.29) is 11.8 Å². The summed E-state index contributed by atoms with van der Waals surface area (Å²) >= 11 is 0. The second-order valence-corrected chi connectivity index (χ2v) is 10.2. The Bertz CT molecular complexity index is 650. The summed E-state index contributed by atoms with van der Waals surface area (Å²) in [6.45, 7) is 4.36. The maximum Gasteiger partial charge on any atom is 0.339 e. The Morgan fingerprint density at radius 2 is 1.00 bits per heavy atom. The van der Waals surface area contributed by atoms with E-state index in [1.54, 1.807) is 12.2 Å². The molecular formula is C28H40F4. The van der Waals surface area contributed by atoms with Gasteiger partial charge in [0.1, 0.15) is 0 Å². The molecule has 4 heteroatoms. The van der Waals surface area contributed by atoms with Gasteiger partial charge in [-0.3, -0.25) is 0 Å². The van der Waals surface area contributed by atoms with Crippen molar-refractivity contribution in [3.05, 3.63) is 47.6 Å². The zero-order chi connectivity index (χ0) is 23.2. The normalized spacial score (nSPS) is 32.8. The molecule has 180 valence electrons. The molecule has 0 nitrogen and oxygen atoms in total. The fraction of sp³-hybridized carbons (Fsp3) is 0.714. The lowest BCUT2D eigenvalue weighted by molar-refractivity contribution is -0.158. The summed E-state index contributed by atoms with van der Waals surface area (Å²) in [6.07, 6.45) is 21.4. The van der Waals surface area contributed by atoms with Gasteiger partial charge in [0.25, 0.3) is 0 Å². The molecule has 0 aromatic carbocycles. The Hall–Kier alpha value is -1.32. The van der Waals surface area contributed by atoms with Gasteiger partial charge in [0.05, 0.1) is 0 Å². The van der Waals surface area contributed by atoms with Gasteiger partial charge in [-0.15, -0.1) is 0 Å². The lowest BCUT2D eigenvalue weighted by Crippen LogP contribution is -2.44. The Kier molecular flexibility index (Phi) is 8.86. The molecule has 0 spiro atoms. The van der Waals surface area contributed by atoms with Crippen LogP contribution in [-0.4, -0.2) is 11.8 Å². The molecule has 0 saturated heterocycles. The highest BCUT2D eigenvalue weighted by Crippen LogP contribution is 2.48. The van der Waals surface area contributed by atoms with E-state index in [0.717, 1.165) is 63.2 Å². The van der Waals surface area contributed by atoms with Crippen LogP contribution in [0, 0.1) is 23.7 Å². The zero-order valence-electron chi connectivity index (χ0n) is 19.8. The molecular weight excluding hydrogens is 412 g/mol. The van der Waals surface area contributed by atoms with E-state index in [1.165, 1.54) is 50.0 Å². The molecule has 0 unspecified atom stereocenters. The zero-order valence-corrected chi connectivity index (χ0v) is 19.8. The van der Waals surface area contributed by atoms with Gasteiger partial charge < -0.3 is 0 Å². The molecule has 0 radical (unpaired) electrons. The third-order valence-electron chi connectivity index (χ3n) is 7.83. The van der Waals surface area contributed by atoms with E-state index in [9.17, 15) is 17.6 Å². The Morgan fingerprint density at radius 3 is 1.31 bits per heavy atom. The van der Waals surface area contributed by atoms with Crippen LogP contribution >= 0.6 is 0 Å². The van der Waals surface area contributed by atoms with Crippen LogP contribution in [0.1, 0.15) is 90.9 Å². The molecule has 0 aromatic rings. The minimum Gasteiger partial charge on any atom is -0.194 e. The van der Waals surface area contributed by atoms with Crippen LogP contribution in [0.2, 0.25) is 0 Å². The molecule has 2 fully saturated rings. The first-order valence-electron chi connectivity index (χ1n) is 12.8. The van der Waals surface area contributed by atoms with E-state index in [4.69, 9.17) is 0 Å². The van der Waals surface area contributed by atoms with Crippen LogP contribution in [0.25, 0.3) is 0 Å². The molecule has 0 N–H and O–H groups in total. The quantitative estimate of drug-likeness (QED) is 0.322. The third-order valence-corrected chi connectivity index (χ3v) is 7.83. The van der Waals surface area contributed by atoms with Gasteiger partial charge in [-0.1, -0.05) is 76.0 Å². The van der Waals surface area contributed by atoms with Gasteiger partial charge in [0, 0.05) is 11.1 Å². The summed E-state index contributed by atoms with van der Waals surface area (Å²) in [6, 6.07) is 0.